The van der Waals surface area contributed by atoms with Crippen molar-refractivity contribution in [2.45, 2.75) is 17.0 Å². The van der Waals surface area contributed by atoms with Crippen molar-refractivity contribution in [2.24, 2.45) is 0 Å². The highest BCUT2D eigenvalue weighted by Crippen LogP contribution is 2.35. The summed E-state index contributed by atoms with van der Waals surface area (Å²) in [4.78, 5) is -0.0274. The molecule has 1 aromatic rings. The Morgan fingerprint density at radius 2 is 1.94 bits per heavy atom. The Hall–Kier alpha value is -0.650. The summed E-state index contributed by atoms with van der Waals surface area (Å²) in [6.45, 7) is 0.395. The fourth-order valence-corrected chi connectivity index (χ4v) is 2.45. The molecule has 0 spiro atoms. The van der Waals surface area contributed by atoms with Crippen molar-refractivity contribution in [3.8, 4) is 0 Å². The summed E-state index contributed by atoms with van der Waals surface area (Å²) in [5, 5.41) is 0. The molecule has 88 valence electrons. The molecule has 2 rings (SSSR count). The molecule has 16 heavy (non-hydrogen) atoms. The molecule has 1 heterocycles. The molecule has 1 atom stereocenters. The summed E-state index contributed by atoms with van der Waals surface area (Å²) in [7, 11) is 1.41. The maximum Gasteiger partial charge on any atom is 0.261 e. The molecule has 0 aromatic heterocycles. The zero-order valence-corrected chi connectivity index (χ0v) is 9.89. The number of benzene rings is 1. The lowest BCUT2D eigenvalue weighted by Gasteiger charge is -2.17. The third-order valence-electron chi connectivity index (χ3n) is 2.63. The van der Waals surface area contributed by atoms with E-state index in [1.165, 1.54) is 24.3 Å². The van der Waals surface area contributed by atoms with Crippen molar-refractivity contribution in [3.63, 3.8) is 0 Å². The average Bonchev–Trinajstić information content (AvgIpc) is 2.66. The normalized spacial score (nSPS) is 25.9. The zero-order valence-electron chi connectivity index (χ0n) is 8.32. The first-order valence-electron chi connectivity index (χ1n) is 4.74. The van der Waals surface area contributed by atoms with Crippen LogP contribution in [-0.4, -0.2) is 21.6 Å². The highest BCUT2D eigenvalue weighted by Gasteiger charge is 2.36. The van der Waals surface area contributed by atoms with E-state index in [1.807, 2.05) is 0 Å². The minimum absolute atomic E-state index is 0.0139. The first-order chi connectivity index (χ1) is 7.42. The largest absolute Gasteiger partial charge is 0.378 e. The lowest BCUT2D eigenvalue weighted by molar-refractivity contribution is 0.112. The summed E-state index contributed by atoms with van der Waals surface area (Å²) in [6.07, 6.45) is 0.292. The molecule has 0 radical (unpaired) electrons. The van der Waals surface area contributed by atoms with Gasteiger partial charge in [-0.1, -0.05) is 12.1 Å². The molecule has 1 aliphatic heterocycles. The van der Waals surface area contributed by atoms with Crippen LogP contribution in [-0.2, 0) is 19.5 Å². The molecule has 6 heteroatoms. The van der Waals surface area contributed by atoms with Gasteiger partial charge < -0.3 is 4.74 Å². The molecule has 0 bridgehead atoms. The minimum atomic E-state index is -3.74. The summed E-state index contributed by atoms with van der Waals surface area (Å²) in [6, 6.07) is 5.47. The smallest absolute Gasteiger partial charge is 0.261 e. The minimum Gasteiger partial charge on any atom is -0.378 e. The highest BCUT2D eigenvalue weighted by molar-refractivity contribution is 8.13. The van der Waals surface area contributed by atoms with Gasteiger partial charge in [0.05, 0.1) is 18.1 Å². The monoisotopic (exact) mass is 264 g/mol. The van der Waals surface area contributed by atoms with Crippen LogP contribution >= 0.6 is 10.7 Å². The number of alkyl halides is 1. The predicted octanol–water partition coefficient (Wildman–Crippen LogP) is 2.20. The van der Waals surface area contributed by atoms with Crippen LogP contribution in [0, 0.1) is 0 Å². The van der Waals surface area contributed by atoms with Crippen molar-refractivity contribution in [2.75, 3.05) is 13.2 Å². The fraction of sp³-hybridized carbons (Fsp3) is 0.400. The van der Waals surface area contributed by atoms with Crippen molar-refractivity contribution in [1.82, 2.24) is 0 Å². The van der Waals surface area contributed by atoms with Crippen LogP contribution in [0.2, 0.25) is 0 Å². The van der Waals surface area contributed by atoms with Crippen molar-refractivity contribution in [3.05, 3.63) is 29.8 Å². The van der Waals surface area contributed by atoms with E-state index in [0.717, 1.165) is 0 Å². The summed E-state index contributed by atoms with van der Waals surface area (Å²) in [5.74, 6) is 0. The van der Waals surface area contributed by atoms with E-state index < -0.39 is 14.7 Å². The summed E-state index contributed by atoms with van der Waals surface area (Å²) < 4.78 is 41.1. The van der Waals surface area contributed by atoms with Gasteiger partial charge in [0.2, 0.25) is 0 Å². The quantitative estimate of drug-likeness (QED) is 0.769. The lowest BCUT2D eigenvalue weighted by atomic mass is 9.95. The standard InChI is InChI=1S/C10H10ClFO3S/c11-16(13,14)9-3-1-8(2-4-9)10(12)5-6-15-7-10/h1-4H,5-7H2. The highest BCUT2D eigenvalue weighted by atomic mass is 35.7. The van der Waals surface area contributed by atoms with Crippen LogP contribution in [0.4, 0.5) is 4.39 Å². The molecule has 1 aliphatic rings. The van der Waals surface area contributed by atoms with E-state index in [9.17, 15) is 12.8 Å². The molecule has 1 unspecified atom stereocenters. The van der Waals surface area contributed by atoms with Gasteiger partial charge in [0.15, 0.2) is 5.67 Å². The maximum atomic E-state index is 14.2. The molecule has 1 aromatic carbocycles. The Morgan fingerprint density at radius 1 is 1.31 bits per heavy atom. The topological polar surface area (TPSA) is 43.4 Å². The third-order valence-corrected chi connectivity index (χ3v) is 4.00. The predicted molar refractivity (Wildman–Crippen MR) is 57.7 cm³/mol. The Bertz CT molecular complexity index is 477. The van der Waals surface area contributed by atoms with E-state index in [-0.39, 0.29) is 11.5 Å². The summed E-state index contributed by atoms with van der Waals surface area (Å²) >= 11 is 0. The maximum absolute atomic E-state index is 14.2. The second kappa shape index (κ2) is 3.98. The molecule has 0 saturated carbocycles. The Labute approximate surface area is 97.6 Å². The second-order valence-electron chi connectivity index (χ2n) is 3.73. The molecule has 0 N–H and O–H groups in total. The van der Waals surface area contributed by atoms with Crippen LogP contribution in [0.5, 0.6) is 0 Å². The van der Waals surface area contributed by atoms with Crippen LogP contribution in [0.15, 0.2) is 29.2 Å². The fourth-order valence-electron chi connectivity index (χ4n) is 1.68. The molecule has 3 nitrogen and oxygen atoms in total. The SMILES string of the molecule is O=S(=O)(Cl)c1ccc(C2(F)CCOC2)cc1. The Balaban J connectivity index is 2.33. The van der Waals surface area contributed by atoms with Gasteiger partial charge in [-0.15, -0.1) is 0 Å². The van der Waals surface area contributed by atoms with Crippen LogP contribution in [0.3, 0.4) is 0 Å². The second-order valence-corrected chi connectivity index (χ2v) is 6.30. The third kappa shape index (κ3) is 2.21. The van der Waals surface area contributed by atoms with E-state index in [4.69, 9.17) is 15.4 Å². The molecule has 1 fully saturated rings. The molecule has 0 amide bonds. The Kier molecular flexibility index (Phi) is 2.94. The van der Waals surface area contributed by atoms with Crippen molar-refractivity contribution >= 4 is 19.7 Å². The Morgan fingerprint density at radius 3 is 2.38 bits per heavy atom. The molecule has 0 aliphatic carbocycles. The van der Waals surface area contributed by atoms with E-state index in [2.05, 4.69) is 0 Å². The van der Waals surface area contributed by atoms with E-state index in [0.29, 0.717) is 18.6 Å². The molecular weight excluding hydrogens is 255 g/mol. The molecule has 1 saturated heterocycles. The first-order valence-corrected chi connectivity index (χ1v) is 7.05. The lowest BCUT2D eigenvalue weighted by Crippen LogP contribution is -2.19. The van der Waals surface area contributed by atoms with E-state index >= 15 is 0 Å². The summed E-state index contributed by atoms with van der Waals surface area (Å²) in [5.41, 5.74) is -1.08. The number of halogens is 2. The number of hydrogen-bond donors (Lipinski definition) is 0. The van der Waals surface area contributed by atoms with Gasteiger partial charge in [-0.05, 0) is 17.7 Å². The number of ether oxygens (including phenoxy) is 1. The van der Waals surface area contributed by atoms with Crippen molar-refractivity contribution in [1.29, 1.82) is 0 Å². The van der Waals surface area contributed by atoms with Gasteiger partial charge in [-0.2, -0.15) is 0 Å². The number of hydrogen-bond acceptors (Lipinski definition) is 3. The van der Waals surface area contributed by atoms with Crippen LogP contribution in [0.25, 0.3) is 0 Å². The molecular formula is C10H10ClFO3S. The van der Waals surface area contributed by atoms with Gasteiger partial charge in [0, 0.05) is 17.1 Å². The number of rotatable bonds is 2. The zero-order chi connectivity index (χ0) is 11.8. The van der Waals surface area contributed by atoms with Gasteiger partial charge in [-0.25, -0.2) is 12.8 Å². The van der Waals surface area contributed by atoms with E-state index in [1.54, 1.807) is 0 Å². The average molecular weight is 265 g/mol. The van der Waals surface area contributed by atoms with Crippen LogP contribution < -0.4 is 0 Å². The van der Waals surface area contributed by atoms with Gasteiger partial charge >= 0.3 is 0 Å². The van der Waals surface area contributed by atoms with Crippen molar-refractivity contribution < 1.29 is 17.5 Å². The van der Waals surface area contributed by atoms with Crippen LogP contribution in [0.1, 0.15) is 12.0 Å². The van der Waals surface area contributed by atoms with Gasteiger partial charge in [0.1, 0.15) is 0 Å². The van der Waals surface area contributed by atoms with Gasteiger partial charge in [-0.3, -0.25) is 0 Å². The first kappa shape index (κ1) is 11.8. The van der Waals surface area contributed by atoms with Gasteiger partial charge in [0.25, 0.3) is 9.05 Å².